The minimum Gasteiger partial charge on any atom is -0.308 e. The highest BCUT2D eigenvalue weighted by Crippen LogP contribution is 2.12. The van der Waals surface area contributed by atoms with Gasteiger partial charge in [-0.05, 0) is 16.2 Å². The molecule has 1 aromatic rings. The van der Waals surface area contributed by atoms with Gasteiger partial charge < -0.3 is 5.21 Å². The van der Waals surface area contributed by atoms with Crippen LogP contribution >= 0.6 is 11.3 Å². The van der Waals surface area contributed by atoms with Gasteiger partial charge in [0.2, 0.25) is 0 Å². The summed E-state index contributed by atoms with van der Waals surface area (Å²) in [6.07, 6.45) is 0. The van der Waals surface area contributed by atoms with Crippen LogP contribution in [0.4, 0.5) is 0 Å². The topological polar surface area (TPSA) is 46.7 Å². The summed E-state index contributed by atoms with van der Waals surface area (Å²) in [6.45, 7) is 0.546. The quantitative estimate of drug-likeness (QED) is 0.497. The molecule has 64 valence electrons. The van der Waals surface area contributed by atoms with Crippen LogP contribution in [0, 0.1) is 0 Å². The Bertz CT molecular complexity index is 307. The average molecular weight is 185 g/mol. The molecule has 1 aliphatic heterocycles. The largest absolute Gasteiger partial charge is 0.308 e. The fraction of sp³-hybridized carbons (Fsp3) is 0.286. The van der Waals surface area contributed by atoms with E-state index in [0.717, 1.165) is 20.4 Å². The lowest BCUT2D eigenvalue weighted by molar-refractivity contribution is -0.782. The molecule has 2 rings (SSSR count). The van der Waals surface area contributed by atoms with Gasteiger partial charge in [0.15, 0.2) is 0 Å². The molecule has 0 fully saturated rings. The summed E-state index contributed by atoms with van der Waals surface area (Å²) in [7, 11) is 0. The van der Waals surface area contributed by atoms with Crippen LogP contribution < -0.4 is 0 Å². The van der Waals surface area contributed by atoms with E-state index >= 15 is 0 Å². The Morgan fingerprint density at radius 1 is 1.58 bits per heavy atom. The van der Waals surface area contributed by atoms with Crippen LogP contribution in [0.3, 0.4) is 0 Å². The van der Waals surface area contributed by atoms with E-state index in [2.05, 4.69) is 0 Å². The van der Waals surface area contributed by atoms with Gasteiger partial charge in [0.05, 0.1) is 4.88 Å². The molecule has 1 aliphatic rings. The van der Waals surface area contributed by atoms with Crippen molar-refractivity contribution in [3.05, 3.63) is 22.4 Å². The molecule has 0 spiro atoms. The minimum atomic E-state index is 0.160. The first-order valence-corrected chi connectivity index (χ1v) is 4.45. The maximum atomic E-state index is 9.33. The Labute approximate surface area is 73.5 Å². The molecule has 0 amide bonds. The van der Waals surface area contributed by atoms with Gasteiger partial charge in [-0.2, -0.15) is 0 Å². The third-order valence-corrected chi connectivity index (χ3v) is 2.67. The highest BCUT2D eigenvalue weighted by molar-refractivity contribution is 7.12. The monoisotopic (exact) mass is 185 g/mol. The predicted molar refractivity (Wildman–Crippen MR) is 43.8 cm³/mol. The number of hydrogen-bond donors (Lipinski definition) is 2. The van der Waals surface area contributed by atoms with E-state index in [1.807, 2.05) is 17.5 Å². The van der Waals surface area contributed by atoms with Crippen LogP contribution in [0.2, 0.25) is 0 Å². The average Bonchev–Trinajstić information content (AvgIpc) is 2.58. The fourth-order valence-electron chi connectivity index (χ4n) is 1.19. The molecule has 0 radical (unpaired) electrons. The maximum absolute atomic E-state index is 9.33. The SMILES string of the molecule is ON1CC(c2cccs2)=[N+](O)C1. The molecular formula is C7H9N2O2S+. The first-order chi connectivity index (χ1) is 5.77. The molecule has 2 N–H and O–H groups in total. The normalized spacial score (nSPS) is 19.1. The van der Waals surface area contributed by atoms with Gasteiger partial charge in [-0.1, -0.05) is 6.07 Å². The van der Waals surface area contributed by atoms with Crippen molar-refractivity contribution in [3.63, 3.8) is 0 Å². The van der Waals surface area contributed by atoms with Gasteiger partial charge in [0, 0.05) is 0 Å². The summed E-state index contributed by atoms with van der Waals surface area (Å²) in [5.41, 5.74) is 0.757. The molecule has 4 nitrogen and oxygen atoms in total. The summed E-state index contributed by atoms with van der Waals surface area (Å²) < 4.78 is 1.06. The molecule has 0 atom stereocenters. The van der Waals surface area contributed by atoms with Gasteiger partial charge in [-0.3, -0.25) is 5.21 Å². The molecule has 0 bridgehead atoms. The van der Waals surface area contributed by atoms with Crippen molar-refractivity contribution < 1.29 is 15.2 Å². The molecule has 0 aromatic carbocycles. The first-order valence-electron chi connectivity index (χ1n) is 3.57. The Balaban J connectivity index is 2.31. The van der Waals surface area contributed by atoms with Crippen molar-refractivity contribution >= 4 is 17.0 Å². The van der Waals surface area contributed by atoms with Gasteiger partial charge >= 0.3 is 0 Å². The van der Waals surface area contributed by atoms with Crippen molar-refractivity contribution in [2.24, 2.45) is 0 Å². The Hall–Kier alpha value is -0.910. The predicted octanol–water partition coefficient (Wildman–Crippen LogP) is 0.601. The van der Waals surface area contributed by atoms with E-state index in [4.69, 9.17) is 5.21 Å². The van der Waals surface area contributed by atoms with Crippen molar-refractivity contribution in [1.29, 1.82) is 0 Å². The van der Waals surface area contributed by atoms with Crippen LogP contribution in [-0.4, -0.2) is 39.1 Å². The second kappa shape index (κ2) is 2.85. The lowest BCUT2D eigenvalue weighted by atomic mass is 10.3. The molecule has 0 unspecified atom stereocenters. The number of hydrogen-bond acceptors (Lipinski definition) is 4. The smallest absolute Gasteiger partial charge is 0.269 e. The standard InChI is InChI=1S/C7H9N2O2S/c10-8-4-6(9(11)5-8)7-2-1-3-12-7/h1-3,10-11H,4-5H2/q+1. The van der Waals surface area contributed by atoms with E-state index < -0.39 is 0 Å². The number of thiophene rings is 1. The molecule has 2 heterocycles. The van der Waals surface area contributed by atoms with Crippen molar-refractivity contribution in [2.75, 3.05) is 13.2 Å². The molecule has 1 aromatic heterocycles. The van der Waals surface area contributed by atoms with Gasteiger partial charge in [-0.15, -0.1) is 16.4 Å². The van der Waals surface area contributed by atoms with Crippen molar-refractivity contribution in [3.8, 4) is 0 Å². The number of hydroxylamine groups is 3. The maximum Gasteiger partial charge on any atom is 0.269 e. The van der Waals surface area contributed by atoms with Gasteiger partial charge in [0.1, 0.15) is 6.54 Å². The van der Waals surface area contributed by atoms with E-state index in [-0.39, 0.29) is 6.67 Å². The van der Waals surface area contributed by atoms with Gasteiger partial charge in [-0.25, -0.2) is 0 Å². The van der Waals surface area contributed by atoms with Crippen LogP contribution in [0.5, 0.6) is 0 Å². The van der Waals surface area contributed by atoms with E-state index in [0.29, 0.717) is 6.54 Å². The molecule has 0 saturated carbocycles. The molecular weight excluding hydrogens is 176 g/mol. The molecule has 0 saturated heterocycles. The third-order valence-electron chi connectivity index (χ3n) is 1.75. The lowest BCUT2D eigenvalue weighted by Crippen LogP contribution is -2.19. The summed E-state index contributed by atoms with van der Waals surface area (Å²) in [4.78, 5) is 0.994. The highest BCUT2D eigenvalue weighted by Gasteiger charge is 2.30. The van der Waals surface area contributed by atoms with Crippen LogP contribution in [0.15, 0.2) is 17.5 Å². The zero-order valence-electron chi connectivity index (χ0n) is 6.34. The minimum absolute atomic E-state index is 0.160. The molecule has 0 aliphatic carbocycles. The Kier molecular flexibility index (Phi) is 1.84. The van der Waals surface area contributed by atoms with Crippen LogP contribution in [0.1, 0.15) is 4.88 Å². The van der Waals surface area contributed by atoms with E-state index in [1.54, 1.807) is 11.3 Å². The second-order valence-corrected chi connectivity index (χ2v) is 3.58. The van der Waals surface area contributed by atoms with E-state index in [1.165, 1.54) is 0 Å². The fourth-order valence-corrected chi connectivity index (χ4v) is 1.96. The molecule has 5 heteroatoms. The number of rotatable bonds is 1. The van der Waals surface area contributed by atoms with Crippen molar-refractivity contribution in [1.82, 2.24) is 5.06 Å². The second-order valence-electron chi connectivity index (χ2n) is 2.63. The Morgan fingerprint density at radius 2 is 2.42 bits per heavy atom. The zero-order valence-corrected chi connectivity index (χ0v) is 7.16. The summed E-state index contributed by atoms with van der Waals surface area (Å²) in [5, 5.41) is 21.4. The van der Waals surface area contributed by atoms with Crippen LogP contribution in [-0.2, 0) is 0 Å². The van der Waals surface area contributed by atoms with E-state index in [9.17, 15) is 5.21 Å². The third kappa shape index (κ3) is 1.22. The summed E-state index contributed by atoms with van der Waals surface area (Å²) in [5.74, 6) is 0. The number of nitrogens with zero attached hydrogens (tertiary/aromatic N) is 2. The Morgan fingerprint density at radius 3 is 2.92 bits per heavy atom. The highest BCUT2D eigenvalue weighted by atomic mass is 32.1. The lowest BCUT2D eigenvalue weighted by Gasteiger charge is -1.94. The molecule has 12 heavy (non-hydrogen) atoms. The summed E-state index contributed by atoms with van der Waals surface area (Å²) >= 11 is 1.55. The first kappa shape index (κ1) is 7.72. The summed E-state index contributed by atoms with van der Waals surface area (Å²) in [6, 6.07) is 3.84. The van der Waals surface area contributed by atoms with Crippen molar-refractivity contribution in [2.45, 2.75) is 0 Å². The zero-order chi connectivity index (χ0) is 8.55. The van der Waals surface area contributed by atoms with Crippen LogP contribution in [0.25, 0.3) is 0 Å². The van der Waals surface area contributed by atoms with Gasteiger partial charge in [0.25, 0.3) is 12.4 Å².